The molecule has 2 aliphatic carbocycles. The molecule has 2 fully saturated rings. The van der Waals surface area contributed by atoms with Crippen molar-refractivity contribution in [2.24, 2.45) is 11.8 Å². The van der Waals surface area contributed by atoms with E-state index in [9.17, 15) is 0 Å². The van der Waals surface area contributed by atoms with Gasteiger partial charge in [-0.2, -0.15) is 14.3 Å². The summed E-state index contributed by atoms with van der Waals surface area (Å²) in [7, 11) is 11.4. The van der Waals surface area contributed by atoms with Gasteiger partial charge in [-0.15, -0.1) is 0 Å². The Bertz CT molecular complexity index is 1130. The van der Waals surface area contributed by atoms with Gasteiger partial charge in [-0.25, -0.2) is 0 Å². The van der Waals surface area contributed by atoms with Crippen LogP contribution in [-0.4, -0.2) is 26.4 Å². The Morgan fingerprint density at radius 3 is 0.921 bits per heavy atom. The summed E-state index contributed by atoms with van der Waals surface area (Å²) in [5, 5.41) is 5.38. The van der Waals surface area contributed by atoms with Crippen LogP contribution in [-0.2, 0) is 0 Å². The zero-order valence-electron chi connectivity index (χ0n) is 22.1. The quantitative estimate of drug-likeness (QED) is 0.182. The SMILES string of the molecule is [B-][P+](c1ccccc1)(c1ccccc1)C1CCCC1C1CCCC1[P+]([B-])(c1ccccc1)c1ccccc1. The highest BCUT2D eigenvalue weighted by atomic mass is 31.2. The second kappa shape index (κ2) is 11.2. The smallest absolute Gasteiger partial charge is 0.0469 e. The summed E-state index contributed by atoms with van der Waals surface area (Å²) in [4.78, 5) is 0. The topological polar surface area (TPSA) is 0 Å². The molecule has 0 nitrogen and oxygen atoms in total. The highest BCUT2D eigenvalue weighted by Gasteiger charge is 2.52. The number of hydrogen-bond acceptors (Lipinski definition) is 0. The van der Waals surface area contributed by atoms with Crippen molar-refractivity contribution in [2.45, 2.75) is 49.8 Å². The second-order valence-corrected chi connectivity index (χ2v) is 17.7. The van der Waals surface area contributed by atoms with Crippen molar-refractivity contribution in [3.8, 4) is 0 Å². The molecule has 0 N–H and O–H groups in total. The summed E-state index contributed by atoms with van der Waals surface area (Å²) in [6, 6.07) is 44.1. The van der Waals surface area contributed by atoms with Gasteiger partial charge in [0.1, 0.15) is 0 Å². The van der Waals surface area contributed by atoms with Gasteiger partial charge >= 0.3 is 0 Å². The Morgan fingerprint density at radius 1 is 0.395 bits per heavy atom. The minimum absolute atomic E-state index is 0.498. The fraction of sp³-hybridized carbons (Fsp3) is 0.294. The lowest BCUT2D eigenvalue weighted by Crippen LogP contribution is -2.41. The number of hydrogen-bond donors (Lipinski definition) is 0. The third-order valence-corrected chi connectivity index (χ3v) is 17.4. The highest BCUT2D eigenvalue weighted by Crippen LogP contribution is 2.69. The van der Waals surface area contributed by atoms with Crippen LogP contribution in [0.25, 0.3) is 0 Å². The van der Waals surface area contributed by atoms with E-state index in [1.54, 1.807) is 0 Å². The Morgan fingerprint density at radius 2 is 0.658 bits per heavy atom. The summed E-state index contributed by atoms with van der Waals surface area (Å²) in [6.45, 7) is 0. The van der Waals surface area contributed by atoms with Crippen LogP contribution in [0.15, 0.2) is 121 Å². The molecule has 4 heteroatoms. The van der Waals surface area contributed by atoms with Gasteiger partial charge in [-0.1, -0.05) is 72.8 Å². The van der Waals surface area contributed by atoms with Crippen molar-refractivity contribution < 1.29 is 0 Å². The van der Waals surface area contributed by atoms with Crippen LogP contribution in [0, 0.1) is 11.8 Å². The van der Waals surface area contributed by atoms with Crippen LogP contribution in [0.1, 0.15) is 38.5 Å². The van der Waals surface area contributed by atoms with Gasteiger partial charge in [0.2, 0.25) is 0 Å². The first-order chi connectivity index (χ1) is 18.6. The van der Waals surface area contributed by atoms with Gasteiger partial charge in [-0.05, 0) is 98.9 Å². The van der Waals surface area contributed by atoms with Crippen LogP contribution >= 0.6 is 14.3 Å². The number of benzene rings is 4. The van der Waals surface area contributed by atoms with Crippen molar-refractivity contribution in [3.05, 3.63) is 121 Å². The molecule has 2 aliphatic rings. The molecule has 0 heterocycles. The predicted octanol–water partition coefficient (Wildman–Crippen LogP) is 6.83. The molecule has 4 aromatic rings. The lowest BCUT2D eigenvalue weighted by Gasteiger charge is -2.50. The molecule has 4 aromatic carbocycles. The maximum Gasteiger partial charge on any atom is 0.0469 e. The van der Waals surface area contributed by atoms with Crippen LogP contribution in [0.2, 0.25) is 0 Å². The minimum atomic E-state index is -2.08. The maximum atomic E-state index is 7.77. The Kier molecular flexibility index (Phi) is 7.67. The van der Waals surface area contributed by atoms with Gasteiger partial charge in [0.05, 0.1) is 0 Å². The van der Waals surface area contributed by atoms with Crippen molar-refractivity contribution in [2.75, 3.05) is 0 Å². The molecule has 0 saturated heterocycles. The van der Waals surface area contributed by atoms with E-state index in [1.165, 1.54) is 59.7 Å². The molecule has 6 rings (SSSR count). The molecule has 0 bridgehead atoms. The summed E-state index contributed by atoms with van der Waals surface area (Å²) in [6.07, 6.45) is 7.51. The van der Waals surface area contributed by atoms with Gasteiger partial charge in [0, 0.05) is 32.5 Å². The fourth-order valence-corrected chi connectivity index (χ4v) is 15.6. The molecule has 0 spiro atoms. The minimum Gasteiger partial charge on any atom is -0.291 e. The molecule has 38 heavy (non-hydrogen) atoms. The first kappa shape index (κ1) is 26.1. The summed E-state index contributed by atoms with van der Waals surface area (Å²) in [5.74, 6) is 1.22. The van der Waals surface area contributed by atoms with E-state index < -0.39 is 14.3 Å². The summed E-state index contributed by atoms with van der Waals surface area (Å²) >= 11 is 0. The average molecular weight is 528 g/mol. The molecule has 0 amide bonds. The molecular formula is C34H36B2P2. The van der Waals surface area contributed by atoms with E-state index in [0.717, 1.165) is 0 Å². The standard InChI is InChI=1S/C34H36B2P2/c35-37(27-15-5-1-6-16-27,28-17-7-2-8-18-28)33-25-13-23-31(33)32-24-14-26-34(32)38(36,29-19-9-3-10-20-29)30-21-11-4-12-22-30/h1-12,15-22,31-34H,13-14,23-26H2. The molecule has 2 saturated carbocycles. The first-order valence-corrected chi connectivity index (χ1v) is 18.1. The van der Waals surface area contributed by atoms with Crippen molar-refractivity contribution in [3.63, 3.8) is 0 Å². The molecule has 0 aromatic heterocycles. The summed E-state index contributed by atoms with van der Waals surface area (Å²) in [5.41, 5.74) is 0.996. The molecule has 0 aliphatic heterocycles. The highest BCUT2D eigenvalue weighted by molar-refractivity contribution is 8.09. The number of rotatable bonds is 7. The monoisotopic (exact) mass is 528 g/mol. The van der Waals surface area contributed by atoms with E-state index in [4.69, 9.17) is 15.1 Å². The lowest BCUT2D eigenvalue weighted by molar-refractivity contribution is 0.357. The van der Waals surface area contributed by atoms with E-state index in [0.29, 0.717) is 23.2 Å². The lowest BCUT2D eigenvalue weighted by atomic mass is 9.89. The van der Waals surface area contributed by atoms with E-state index in [1.807, 2.05) is 0 Å². The third kappa shape index (κ3) is 4.53. The summed E-state index contributed by atoms with van der Waals surface area (Å²) < 4.78 is 0. The average Bonchev–Trinajstić information content (AvgIpc) is 3.69. The van der Waals surface area contributed by atoms with E-state index >= 15 is 0 Å². The zero-order valence-corrected chi connectivity index (χ0v) is 23.9. The maximum absolute atomic E-state index is 7.77. The van der Waals surface area contributed by atoms with E-state index in [2.05, 4.69) is 121 Å². The largest absolute Gasteiger partial charge is 0.291 e. The van der Waals surface area contributed by atoms with Crippen LogP contribution in [0.4, 0.5) is 0 Å². The van der Waals surface area contributed by atoms with Crippen LogP contribution < -0.4 is 21.2 Å². The zero-order chi connectivity index (χ0) is 26.0. The van der Waals surface area contributed by atoms with Gasteiger partial charge in [0.25, 0.3) is 0 Å². The predicted molar refractivity (Wildman–Crippen MR) is 172 cm³/mol. The first-order valence-electron chi connectivity index (χ1n) is 14.2. The van der Waals surface area contributed by atoms with Crippen LogP contribution in [0.3, 0.4) is 0 Å². The molecule has 6 radical (unpaired) electrons. The van der Waals surface area contributed by atoms with Crippen molar-refractivity contribution in [1.82, 2.24) is 0 Å². The van der Waals surface area contributed by atoms with Crippen LogP contribution in [0.5, 0.6) is 0 Å². The van der Waals surface area contributed by atoms with Gasteiger partial charge < -0.3 is 0 Å². The van der Waals surface area contributed by atoms with Gasteiger partial charge in [0.15, 0.2) is 0 Å². The molecule has 4 unspecified atom stereocenters. The molecule has 4 atom stereocenters. The van der Waals surface area contributed by atoms with E-state index in [-0.39, 0.29) is 0 Å². The Balaban J connectivity index is 1.44. The molecular weight excluding hydrogens is 492 g/mol. The normalized spacial score (nSPS) is 23.9. The Labute approximate surface area is 233 Å². The van der Waals surface area contributed by atoms with Crippen molar-refractivity contribution >= 4 is 50.6 Å². The van der Waals surface area contributed by atoms with Crippen molar-refractivity contribution in [1.29, 1.82) is 0 Å². The second-order valence-electron chi connectivity index (χ2n) is 11.2. The molecule has 188 valence electrons. The van der Waals surface area contributed by atoms with Gasteiger partial charge in [-0.3, -0.25) is 15.1 Å². The Hall–Kier alpha value is -2.13. The fourth-order valence-electron chi connectivity index (χ4n) is 7.71. The third-order valence-electron chi connectivity index (χ3n) is 9.39.